The van der Waals surface area contributed by atoms with Crippen LogP contribution in [0.1, 0.15) is 30.0 Å². The van der Waals surface area contributed by atoms with Gasteiger partial charge >= 0.3 is 0 Å². The minimum absolute atomic E-state index is 0.285. The Balaban J connectivity index is 1.89. The van der Waals surface area contributed by atoms with E-state index in [0.717, 1.165) is 26.1 Å². The standard InChI is InChI=1S/C16H24N2O/c1-12-4-5-15(13(2)10-12)6-7-16(19)18-9-8-17-14(3)11-18/h4-5,10,14,17H,6-9,11H2,1-3H3/t14-/m0/s1. The monoisotopic (exact) mass is 260 g/mol. The van der Waals surface area contributed by atoms with Crippen molar-refractivity contribution in [1.29, 1.82) is 0 Å². The third kappa shape index (κ3) is 3.80. The van der Waals surface area contributed by atoms with Crippen LogP contribution in [0.3, 0.4) is 0 Å². The lowest BCUT2D eigenvalue weighted by atomic mass is 10.0. The molecule has 1 aliphatic rings. The molecule has 1 amide bonds. The van der Waals surface area contributed by atoms with E-state index >= 15 is 0 Å². The van der Waals surface area contributed by atoms with Gasteiger partial charge in [0.2, 0.25) is 5.91 Å². The zero-order chi connectivity index (χ0) is 13.8. The van der Waals surface area contributed by atoms with E-state index in [1.54, 1.807) is 0 Å². The molecule has 104 valence electrons. The van der Waals surface area contributed by atoms with Gasteiger partial charge in [0.1, 0.15) is 0 Å². The molecule has 0 saturated carbocycles. The van der Waals surface area contributed by atoms with Crippen LogP contribution in [-0.2, 0) is 11.2 Å². The number of amides is 1. The zero-order valence-corrected chi connectivity index (χ0v) is 12.2. The maximum absolute atomic E-state index is 12.2. The molecule has 1 saturated heterocycles. The Labute approximate surface area is 116 Å². The lowest BCUT2D eigenvalue weighted by molar-refractivity contribution is -0.132. The molecule has 19 heavy (non-hydrogen) atoms. The number of aryl methyl sites for hydroxylation is 3. The highest BCUT2D eigenvalue weighted by Gasteiger charge is 2.20. The molecule has 1 aromatic carbocycles. The summed E-state index contributed by atoms with van der Waals surface area (Å²) < 4.78 is 0. The summed E-state index contributed by atoms with van der Waals surface area (Å²) in [5.74, 6) is 0.285. The Morgan fingerprint density at radius 1 is 1.42 bits per heavy atom. The molecule has 1 N–H and O–H groups in total. The van der Waals surface area contributed by atoms with Crippen LogP contribution >= 0.6 is 0 Å². The van der Waals surface area contributed by atoms with E-state index in [9.17, 15) is 4.79 Å². The van der Waals surface area contributed by atoms with Crippen LogP contribution in [0.5, 0.6) is 0 Å². The molecule has 3 nitrogen and oxygen atoms in total. The highest BCUT2D eigenvalue weighted by atomic mass is 16.2. The van der Waals surface area contributed by atoms with E-state index in [0.29, 0.717) is 12.5 Å². The normalized spacial score (nSPS) is 19.5. The third-order valence-electron chi connectivity index (χ3n) is 3.83. The SMILES string of the molecule is Cc1ccc(CCC(=O)N2CCN[C@@H](C)C2)c(C)c1. The first kappa shape index (κ1) is 14.1. The van der Waals surface area contributed by atoms with Crippen molar-refractivity contribution >= 4 is 5.91 Å². The lowest BCUT2D eigenvalue weighted by Gasteiger charge is -2.32. The molecule has 1 fully saturated rings. The van der Waals surface area contributed by atoms with Gasteiger partial charge in [-0.3, -0.25) is 4.79 Å². The van der Waals surface area contributed by atoms with E-state index in [2.05, 4.69) is 44.3 Å². The van der Waals surface area contributed by atoms with Gasteiger partial charge < -0.3 is 10.2 Å². The lowest BCUT2D eigenvalue weighted by Crippen LogP contribution is -2.51. The summed E-state index contributed by atoms with van der Waals surface area (Å²) in [6.45, 7) is 8.95. The predicted octanol–water partition coefficient (Wildman–Crippen LogP) is 2.06. The quantitative estimate of drug-likeness (QED) is 0.902. The van der Waals surface area contributed by atoms with Crippen molar-refractivity contribution in [2.45, 2.75) is 39.7 Å². The first-order chi connectivity index (χ1) is 9.06. The topological polar surface area (TPSA) is 32.3 Å². The Morgan fingerprint density at radius 2 is 2.21 bits per heavy atom. The number of nitrogens with zero attached hydrogens (tertiary/aromatic N) is 1. The summed E-state index contributed by atoms with van der Waals surface area (Å²) >= 11 is 0. The second-order valence-corrected chi connectivity index (χ2v) is 5.62. The Hall–Kier alpha value is -1.35. The fourth-order valence-corrected chi connectivity index (χ4v) is 2.68. The number of rotatable bonds is 3. The fourth-order valence-electron chi connectivity index (χ4n) is 2.68. The molecule has 1 aromatic rings. The molecular weight excluding hydrogens is 236 g/mol. The molecule has 2 rings (SSSR count). The van der Waals surface area contributed by atoms with Crippen LogP contribution < -0.4 is 5.32 Å². The number of piperazine rings is 1. The molecule has 1 atom stereocenters. The van der Waals surface area contributed by atoms with E-state index in [1.165, 1.54) is 16.7 Å². The first-order valence-electron chi connectivity index (χ1n) is 7.13. The largest absolute Gasteiger partial charge is 0.340 e. The highest BCUT2D eigenvalue weighted by molar-refractivity contribution is 5.76. The summed E-state index contributed by atoms with van der Waals surface area (Å²) in [4.78, 5) is 14.2. The summed E-state index contributed by atoms with van der Waals surface area (Å²) in [7, 11) is 0. The van der Waals surface area contributed by atoms with E-state index in [4.69, 9.17) is 0 Å². The number of carbonyl (C=O) groups excluding carboxylic acids is 1. The van der Waals surface area contributed by atoms with Crippen molar-refractivity contribution in [1.82, 2.24) is 10.2 Å². The van der Waals surface area contributed by atoms with Gasteiger partial charge in [-0.15, -0.1) is 0 Å². The second-order valence-electron chi connectivity index (χ2n) is 5.62. The molecular formula is C16H24N2O. The highest BCUT2D eigenvalue weighted by Crippen LogP contribution is 2.13. The van der Waals surface area contributed by atoms with E-state index < -0.39 is 0 Å². The minimum atomic E-state index is 0.285. The molecule has 0 spiro atoms. The van der Waals surface area contributed by atoms with Gasteiger partial charge in [-0.25, -0.2) is 0 Å². The summed E-state index contributed by atoms with van der Waals surface area (Å²) in [6, 6.07) is 6.88. The van der Waals surface area contributed by atoms with Crippen LogP contribution in [0, 0.1) is 13.8 Å². The number of hydrogen-bond acceptors (Lipinski definition) is 2. The molecule has 0 aliphatic carbocycles. The van der Waals surface area contributed by atoms with Crippen LogP contribution in [0.15, 0.2) is 18.2 Å². The van der Waals surface area contributed by atoms with Gasteiger partial charge in [0, 0.05) is 32.1 Å². The average Bonchev–Trinajstić information content (AvgIpc) is 2.37. The number of carbonyl (C=O) groups is 1. The smallest absolute Gasteiger partial charge is 0.222 e. The number of hydrogen-bond donors (Lipinski definition) is 1. The number of benzene rings is 1. The van der Waals surface area contributed by atoms with Crippen LogP contribution in [-0.4, -0.2) is 36.5 Å². The molecule has 0 radical (unpaired) electrons. The van der Waals surface area contributed by atoms with Crippen molar-refractivity contribution in [3.8, 4) is 0 Å². The van der Waals surface area contributed by atoms with Gasteiger partial charge in [-0.05, 0) is 38.3 Å². The van der Waals surface area contributed by atoms with Crippen molar-refractivity contribution in [3.05, 3.63) is 34.9 Å². The third-order valence-corrected chi connectivity index (χ3v) is 3.83. The fraction of sp³-hybridized carbons (Fsp3) is 0.562. The van der Waals surface area contributed by atoms with Crippen molar-refractivity contribution in [2.24, 2.45) is 0 Å². The Morgan fingerprint density at radius 3 is 2.89 bits per heavy atom. The van der Waals surface area contributed by atoms with Gasteiger partial charge in [0.05, 0.1) is 0 Å². The molecule has 0 aromatic heterocycles. The van der Waals surface area contributed by atoms with Crippen LogP contribution in [0.4, 0.5) is 0 Å². The maximum atomic E-state index is 12.2. The second kappa shape index (κ2) is 6.20. The van der Waals surface area contributed by atoms with E-state index in [-0.39, 0.29) is 5.91 Å². The zero-order valence-electron chi connectivity index (χ0n) is 12.2. The summed E-state index contributed by atoms with van der Waals surface area (Å²) in [5.41, 5.74) is 3.87. The molecule has 3 heteroatoms. The average molecular weight is 260 g/mol. The van der Waals surface area contributed by atoms with Crippen molar-refractivity contribution in [3.63, 3.8) is 0 Å². The Bertz CT molecular complexity index is 456. The van der Waals surface area contributed by atoms with Crippen molar-refractivity contribution in [2.75, 3.05) is 19.6 Å². The van der Waals surface area contributed by atoms with Crippen molar-refractivity contribution < 1.29 is 4.79 Å². The number of nitrogens with one attached hydrogen (secondary N) is 1. The van der Waals surface area contributed by atoms with Crippen LogP contribution in [0.25, 0.3) is 0 Å². The summed E-state index contributed by atoms with van der Waals surface area (Å²) in [5, 5.41) is 3.36. The van der Waals surface area contributed by atoms with Gasteiger partial charge in [0.15, 0.2) is 0 Å². The maximum Gasteiger partial charge on any atom is 0.222 e. The summed E-state index contributed by atoms with van der Waals surface area (Å²) in [6.07, 6.45) is 1.47. The van der Waals surface area contributed by atoms with Crippen LogP contribution in [0.2, 0.25) is 0 Å². The van der Waals surface area contributed by atoms with Gasteiger partial charge in [-0.2, -0.15) is 0 Å². The van der Waals surface area contributed by atoms with Gasteiger partial charge in [-0.1, -0.05) is 23.8 Å². The Kier molecular flexibility index (Phi) is 4.59. The minimum Gasteiger partial charge on any atom is -0.340 e. The van der Waals surface area contributed by atoms with Gasteiger partial charge in [0.25, 0.3) is 0 Å². The molecule has 0 bridgehead atoms. The molecule has 1 aliphatic heterocycles. The molecule has 0 unspecified atom stereocenters. The molecule has 1 heterocycles. The first-order valence-corrected chi connectivity index (χ1v) is 7.13. The predicted molar refractivity (Wildman–Crippen MR) is 78.3 cm³/mol. The van der Waals surface area contributed by atoms with E-state index in [1.807, 2.05) is 4.90 Å².